The smallest absolute Gasteiger partial charge is 0.305 e. The first kappa shape index (κ1) is 18.0. The van der Waals surface area contributed by atoms with Crippen LogP contribution in [0.3, 0.4) is 0 Å². The Morgan fingerprint density at radius 2 is 2.17 bits per heavy atom. The van der Waals surface area contributed by atoms with Crippen LogP contribution >= 0.6 is 11.6 Å². The first-order valence-electron chi connectivity index (χ1n) is 7.09. The fraction of sp³-hybridized carbons (Fsp3) is 0.312. The Morgan fingerprint density at radius 1 is 1.42 bits per heavy atom. The number of amides is 1. The van der Waals surface area contributed by atoms with Crippen molar-refractivity contribution in [2.75, 3.05) is 13.7 Å². The van der Waals surface area contributed by atoms with Crippen LogP contribution in [0.15, 0.2) is 34.9 Å². The van der Waals surface area contributed by atoms with E-state index in [4.69, 9.17) is 26.0 Å². The zero-order valence-electron chi connectivity index (χ0n) is 13.2. The number of aromatic nitrogens is 1. The molecule has 2 N–H and O–H groups in total. The topological polar surface area (TPSA) is 102 Å². The first-order chi connectivity index (χ1) is 11.3. The number of ether oxygens (including phenoxy) is 1. The molecule has 1 aromatic heterocycles. The summed E-state index contributed by atoms with van der Waals surface area (Å²) in [6, 6.07) is 8.43. The number of aliphatic carboxylic acids is 1. The Hall–Kier alpha value is -2.38. The van der Waals surface area contributed by atoms with Crippen molar-refractivity contribution in [2.45, 2.75) is 18.9 Å². The molecule has 0 saturated carbocycles. The van der Waals surface area contributed by atoms with E-state index in [1.165, 1.54) is 13.2 Å². The van der Waals surface area contributed by atoms with Crippen LogP contribution in [-0.4, -0.2) is 41.4 Å². The van der Waals surface area contributed by atoms with Crippen LogP contribution in [0.5, 0.6) is 0 Å². The number of halogens is 1. The number of nitrogens with one attached hydrogen (secondary N) is 1. The molecule has 7 nitrogen and oxygen atoms in total. The van der Waals surface area contributed by atoms with Gasteiger partial charge in [0, 0.05) is 23.8 Å². The van der Waals surface area contributed by atoms with Gasteiger partial charge in [-0.15, -0.1) is 0 Å². The molecule has 0 radical (unpaired) electrons. The number of nitrogens with zero attached hydrogens (tertiary/aromatic N) is 1. The number of hydrogen-bond acceptors (Lipinski definition) is 5. The average molecular weight is 353 g/mol. The number of carboxylic acids is 1. The van der Waals surface area contributed by atoms with Gasteiger partial charge in [-0.2, -0.15) is 0 Å². The first-order valence-corrected chi connectivity index (χ1v) is 7.47. The minimum atomic E-state index is -1.07. The molecule has 0 aliphatic heterocycles. The SMILES string of the molecule is COCC(C)(CC(=O)O)NC(=O)c1cc(-c2cccc(Cl)c2)no1. The van der Waals surface area contributed by atoms with Gasteiger partial charge in [-0.05, 0) is 19.1 Å². The molecule has 128 valence electrons. The standard InChI is InChI=1S/C16H17ClN2O5/c1-16(9-23-2,8-14(20)21)18-15(22)13-7-12(19-24-13)10-4-3-5-11(17)6-10/h3-7H,8-9H2,1-2H3,(H,18,22)(H,20,21). The summed E-state index contributed by atoms with van der Waals surface area (Å²) in [5.41, 5.74) is 0.0885. The number of methoxy groups -OCH3 is 1. The van der Waals surface area contributed by atoms with E-state index in [2.05, 4.69) is 10.5 Å². The normalized spacial score (nSPS) is 13.3. The van der Waals surface area contributed by atoms with Crippen molar-refractivity contribution in [1.82, 2.24) is 10.5 Å². The van der Waals surface area contributed by atoms with Gasteiger partial charge in [0.05, 0.1) is 18.6 Å². The summed E-state index contributed by atoms with van der Waals surface area (Å²) < 4.78 is 10.0. The maximum Gasteiger partial charge on any atom is 0.305 e. The van der Waals surface area contributed by atoms with Gasteiger partial charge in [0.15, 0.2) is 0 Å². The zero-order chi connectivity index (χ0) is 17.7. The summed E-state index contributed by atoms with van der Waals surface area (Å²) in [6.07, 6.45) is -0.290. The van der Waals surface area contributed by atoms with Crippen molar-refractivity contribution in [3.63, 3.8) is 0 Å². The molecule has 8 heteroatoms. The Kier molecular flexibility index (Phi) is 5.58. The van der Waals surface area contributed by atoms with E-state index in [9.17, 15) is 9.59 Å². The lowest BCUT2D eigenvalue weighted by Gasteiger charge is -2.27. The van der Waals surface area contributed by atoms with Crippen LogP contribution in [0.4, 0.5) is 0 Å². The van der Waals surface area contributed by atoms with Crippen molar-refractivity contribution in [3.05, 3.63) is 41.1 Å². The van der Waals surface area contributed by atoms with Gasteiger partial charge in [-0.25, -0.2) is 0 Å². The molecular formula is C16H17ClN2O5. The third-order valence-corrected chi connectivity index (χ3v) is 3.51. The molecule has 2 aromatic rings. The number of benzene rings is 1. The van der Waals surface area contributed by atoms with Crippen LogP contribution in [0.25, 0.3) is 11.3 Å². The summed E-state index contributed by atoms with van der Waals surface area (Å²) in [5.74, 6) is -1.65. The fourth-order valence-corrected chi connectivity index (χ4v) is 2.48. The molecule has 2 rings (SSSR count). The minimum absolute atomic E-state index is 0.0299. The van der Waals surface area contributed by atoms with Crippen molar-refractivity contribution >= 4 is 23.5 Å². The van der Waals surface area contributed by atoms with Gasteiger partial charge in [0.1, 0.15) is 5.69 Å². The molecule has 0 aliphatic carbocycles. The Balaban J connectivity index is 2.16. The van der Waals surface area contributed by atoms with Crippen molar-refractivity contribution in [3.8, 4) is 11.3 Å². The molecule has 0 saturated heterocycles. The molecule has 24 heavy (non-hydrogen) atoms. The highest BCUT2D eigenvalue weighted by Crippen LogP contribution is 2.23. The molecule has 1 unspecified atom stereocenters. The van der Waals surface area contributed by atoms with E-state index >= 15 is 0 Å². The third kappa shape index (κ3) is 4.56. The summed E-state index contributed by atoms with van der Waals surface area (Å²) in [7, 11) is 1.43. The molecule has 0 fully saturated rings. The van der Waals surface area contributed by atoms with E-state index in [1.54, 1.807) is 31.2 Å². The fourth-order valence-electron chi connectivity index (χ4n) is 2.29. The maximum atomic E-state index is 12.3. The maximum absolute atomic E-state index is 12.3. The summed E-state index contributed by atoms with van der Waals surface area (Å²) in [5, 5.41) is 16.0. The number of hydrogen-bond donors (Lipinski definition) is 2. The largest absolute Gasteiger partial charge is 0.481 e. The third-order valence-electron chi connectivity index (χ3n) is 3.27. The zero-order valence-corrected chi connectivity index (χ0v) is 14.0. The van der Waals surface area contributed by atoms with Gasteiger partial charge in [-0.1, -0.05) is 28.9 Å². The van der Waals surface area contributed by atoms with Crippen LogP contribution in [0.1, 0.15) is 23.9 Å². The van der Waals surface area contributed by atoms with Gasteiger partial charge in [-0.3, -0.25) is 9.59 Å². The van der Waals surface area contributed by atoms with E-state index in [0.29, 0.717) is 16.3 Å². The number of rotatable bonds is 7. The summed E-state index contributed by atoms with van der Waals surface area (Å²) >= 11 is 5.93. The summed E-state index contributed by atoms with van der Waals surface area (Å²) in [4.78, 5) is 23.3. The Morgan fingerprint density at radius 3 is 2.79 bits per heavy atom. The van der Waals surface area contributed by atoms with E-state index < -0.39 is 17.4 Å². The molecule has 0 spiro atoms. The highest BCUT2D eigenvalue weighted by atomic mass is 35.5. The number of carbonyl (C=O) groups is 2. The quantitative estimate of drug-likeness (QED) is 0.794. The lowest BCUT2D eigenvalue weighted by molar-refractivity contribution is -0.139. The molecule has 0 bridgehead atoms. The van der Waals surface area contributed by atoms with Crippen LogP contribution in [-0.2, 0) is 9.53 Å². The van der Waals surface area contributed by atoms with E-state index in [0.717, 1.165) is 0 Å². The number of carboxylic acid groups (broad SMARTS) is 1. The van der Waals surface area contributed by atoms with Gasteiger partial charge < -0.3 is 19.7 Å². The molecular weight excluding hydrogens is 336 g/mol. The number of carbonyl (C=O) groups excluding carboxylic acids is 1. The van der Waals surface area contributed by atoms with E-state index in [1.807, 2.05) is 0 Å². The molecule has 1 aromatic carbocycles. The van der Waals surface area contributed by atoms with Crippen molar-refractivity contribution in [2.24, 2.45) is 0 Å². The van der Waals surface area contributed by atoms with Gasteiger partial charge in [0.2, 0.25) is 5.76 Å². The van der Waals surface area contributed by atoms with E-state index in [-0.39, 0.29) is 18.8 Å². The highest BCUT2D eigenvalue weighted by molar-refractivity contribution is 6.30. The lowest BCUT2D eigenvalue weighted by Crippen LogP contribution is -2.50. The Labute approximate surface area is 143 Å². The predicted octanol–water partition coefficient (Wildman–Crippen LogP) is 2.60. The second-order valence-corrected chi connectivity index (χ2v) is 6.04. The highest BCUT2D eigenvalue weighted by Gasteiger charge is 2.31. The van der Waals surface area contributed by atoms with Crippen LogP contribution < -0.4 is 5.32 Å². The molecule has 1 amide bonds. The predicted molar refractivity (Wildman–Crippen MR) is 86.9 cm³/mol. The van der Waals surface area contributed by atoms with Crippen molar-refractivity contribution in [1.29, 1.82) is 0 Å². The lowest BCUT2D eigenvalue weighted by atomic mass is 9.98. The van der Waals surface area contributed by atoms with Gasteiger partial charge >= 0.3 is 5.97 Å². The second kappa shape index (κ2) is 7.46. The summed E-state index contributed by atoms with van der Waals surface area (Å²) in [6.45, 7) is 1.62. The monoisotopic (exact) mass is 352 g/mol. The van der Waals surface area contributed by atoms with Crippen LogP contribution in [0.2, 0.25) is 5.02 Å². The molecule has 1 heterocycles. The molecule has 0 aliphatic rings. The Bertz CT molecular complexity index is 746. The van der Waals surface area contributed by atoms with Gasteiger partial charge in [0.25, 0.3) is 5.91 Å². The second-order valence-electron chi connectivity index (χ2n) is 5.61. The van der Waals surface area contributed by atoms with Crippen molar-refractivity contribution < 1.29 is 24.0 Å². The molecule has 1 atom stereocenters. The minimum Gasteiger partial charge on any atom is -0.481 e. The van der Waals surface area contributed by atoms with Crippen LogP contribution in [0, 0.1) is 0 Å². The average Bonchev–Trinajstić information content (AvgIpc) is 2.96.